The van der Waals surface area contributed by atoms with Crippen molar-refractivity contribution in [2.75, 3.05) is 26.1 Å². The van der Waals surface area contributed by atoms with Crippen LogP contribution < -0.4 is 15.4 Å². The number of carbonyl (C=O) groups is 2. The SMILES string of the molecule is CNC(=O)Oc1cc(C)c(NC(=O)COC)c(C)c1. The average Bonchev–Trinajstić information content (AvgIpc) is 2.34. The van der Waals surface area contributed by atoms with Crippen LogP contribution in [0.5, 0.6) is 5.75 Å². The molecule has 6 heteroatoms. The Balaban J connectivity index is 2.91. The third-order valence-corrected chi connectivity index (χ3v) is 2.46. The van der Waals surface area contributed by atoms with E-state index in [1.54, 1.807) is 12.1 Å². The molecule has 0 aliphatic carbocycles. The van der Waals surface area contributed by atoms with Gasteiger partial charge in [-0.25, -0.2) is 4.79 Å². The number of hydrogen-bond acceptors (Lipinski definition) is 4. The minimum absolute atomic E-state index is 0.00459. The third kappa shape index (κ3) is 4.26. The highest BCUT2D eigenvalue weighted by Gasteiger charge is 2.10. The zero-order valence-electron chi connectivity index (χ0n) is 11.5. The first-order valence-electron chi connectivity index (χ1n) is 5.77. The van der Waals surface area contributed by atoms with Crippen LogP contribution in [0, 0.1) is 13.8 Å². The van der Waals surface area contributed by atoms with E-state index in [9.17, 15) is 9.59 Å². The number of anilines is 1. The van der Waals surface area contributed by atoms with E-state index in [2.05, 4.69) is 10.6 Å². The fraction of sp³-hybridized carbons (Fsp3) is 0.385. The highest BCUT2D eigenvalue weighted by Crippen LogP contribution is 2.26. The lowest BCUT2D eigenvalue weighted by Crippen LogP contribution is -2.22. The Hall–Kier alpha value is -2.08. The lowest BCUT2D eigenvalue weighted by molar-refractivity contribution is -0.119. The summed E-state index contributed by atoms with van der Waals surface area (Å²) in [5, 5.41) is 5.12. The Bertz CT molecular complexity index is 463. The van der Waals surface area contributed by atoms with Crippen molar-refractivity contribution < 1.29 is 19.1 Å². The van der Waals surface area contributed by atoms with E-state index >= 15 is 0 Å². The van der Waals surface area contributed by atoms with Gasteiger partial charge in [0.1, 0.15) is 12.4 Å². The fourth-order valence-electron chi connectivity index (χ4n) is 1.64. The van der Waals surface area contributed by atoms with Gasteiger partial charge in [-0.1, -0.05) is 0 Å². The standard InChI is InChI=1S/C13H18N2O4/c1-8-5-10(19-13(17)14-3)6-9(2)12(8)15-11(16)7-18-4/h5-6H,7H2,1-4H3,(H,14,17)(H,15,16). The number of benzene rings is 1. The minimum Gasteiger partial charge on any atom is -0.410 e. The smallest absolute Gasteiger partial charge is 0.410 e. The number of ether oxygens (including phenoxy) is 2. The minimum atomic E-state index is -0.532. The first-order chi connectivity index (χ1) is 8.97. The molecule has 0 bridgehead atoms. The zero-order chi connectivity index (χ0) is 14.4. The van der Waals surface area contributed by atoms with Gasteiger partial charge in [0.05, 0.1) is 0 Å². The van der Waals surface area contributed by atoms with Gasteiger partial charge >= 0.3 is 6.09 Å². The maximum Gasteiger partial charge on any atom is 0.412 e. The molecular weight excluding hydrogens is 248 g/mol. The summed E-state index contributed by atoms with van der Waals surface area (Å²) in [6.45, 7) is 3.65. The van der Waals surface area contributed by atoms with Crippen molar-refractivity contribution in [2.45, 2.75) is 13.8 Å². The van der Waals surface area contributed by atoms with Crippen molar-refractivity contribution >= 4 is 17.7 Å². The van der Waals surface area contributed by atoms with Crippen LogP contribution in [0.3, 0.4) is 0 Å². The maximum atomic E-state index is 11.5. The molecule has 19 heavy (non-hydrogen) atoms. The van der Waals surface area contributed by atoms with E-state index in [0.717, 1.165) is 11.1 Å². The molecule has 0 heterocycles. The molecule has 104 valence electrons. The fourth-order valence-corrected chi connectivity index (χ4v) is 1.64. The van der Waals surface area contributed by atoms with Gasteiger partial charge < -0.3 is 20.1 Å². The predicted molar refractivity (Wildman–Crippen MR) is 71.5 cm³/mol. The third-order valence-electron chi connectivity index (χ3n) is 2.46. The largest absolute Gasteiger partial charge is 0.412 e. The monoisotopic (exact) mass is 266 g/mol. The van der Waals surface area contributed by atoms with Crippen LogP contribution >= 0.6 is 0 Å². The van der Waals surface area contributed by atoms with E-state index in [-0.39, 0.29) is 12.5 Å². The molecule has 0 radical (unpaired) electrons. The van der Waals surface area contributed by atoms with Crippen LogP contribution in [-0.2, 0) is 9.53 Å². The van der Waals surface area contributed by atoms with Crippen LogP contribution in [0.4, 0.5) is 10.5 Å². The molecule has 1 aromatic carbocycles. The summed E-state index contributed by atoms with van der Waals surface area (Å²) in [7, 11) is 2.95. The number of rotatable bonds is 4. The molecule has 0 spiro atoms. The van der Waals surface area contributed by atoms with E-state index in [0.29, 0.717) is 11.4 Å². The van der Waals surface area contributed by atoms with Crippen LogP contribution in [0.1, 0.15) is 11.1 Å². The topological polar surface area (TPSA) is 76.7 Å². The normalized spacial score (nSPS) is 9.89. The van der Waals surface area contributed by atoms with Crippen molar-refractivity contribution in [3.8, 4) is 5.75 Å². The van der Waals surface area contributed by atoms with E-state index in [1.165, 1.54) is 14.2 Å². The molecule has 0 unspecified atom stereocenters. The number of amides is 2. The lowest BCUT2D eigenvalue weighted by atomic mass is 10.1. The molecule has 6 nitrogen and oxygen atoms in total. The van der Waals surface area contributed by atoms with Gasteiger partial charge in [-0.15, -0.1) is 0 Å². The van der Waals surface area contributed by atoms with Gasteiger partial charge in [0, 0.05) is 19.8 Å². The highest BCUT2D eigenvalue weighted by atomic mass is 16.5. The van der Waals surface area contributed by atoms with Crippen molar-refractivity contribution in [1.29, 1.82) is 0 Å². The molecule has 0 atom stereocenters. The van der Waals surface area contributed by atoms with Gasteiger partial charge in [-0.05, 0) is 37.1 Å². The Kier molecular flexibility index (Phi) is 5.32. The first kappa shape index (κ1) is 15.0. The quantitative estimate of drug-likeness (QED) is 0.868. The van der Waals surface area contributed by atoms with Crippen molar-refractivity contribution in [3.05, 3.63) is 23.3 Å². The molecule has 2 amide bonds. The Morgan fingerprint density at radius 1 is 1.21 bits per heavy atom. The first-order valence-corrected chi connectivity index (χ1v) is 5.77. The van der Waals surface area contributed by atoms with Crippen LogP contribution in [0.2, 0.25) is 0 Å². The molecular formula is C13H18N2O4. The molecule has 0 aliphatic heterocycles. The summed E-state index contributed by atoms with van der Waals surface area (Å²) in [4.78, 5) is 22.6. The van der Waals surface area contributed by atoms with Gasteiger partial charge in [-0.2, -0.15) is 0 Å². The summed E-state index contributed by atoms with van der Waals surface area (Å²) in [6.07, 6.45) is -0.532. The summed E-state index contributed by atoms with van der Waals surface area (Å²) >= 11 is 0. The molecule has 2 N–H and O–H groups in total. The van der Waals surface area contributed by atoms with Gasteiger partial charge in [-0.3, -0.25) is 4.79 Å². The second-order valence-corrected chi connectivity index (χ2v) is 4.05. The van der Waals surface area contributed by atoms with E-state index in [4.69, 9.17) is 9.47 Å². The summed E-state index contributed by atoms with van der Waals surface area (Å²) in [6, 6.07) is 3.37. The summed E-state index contributed by atoms with van der Waals surface area (Å²) in [5.41, 5.74) is 2.32. The molecule has 0 fully saturated rings. The molecule has 0 aliphatic rings. The average molecular weight is 266 g/mol. The number of hydrogen-bond donors (Lipinski definition) is 2. The Morgan fingerprint density at radius 2 is 1.79 bits per heavy atom. The molecule has 1 rings (SSSR count). The van der Waals surface area contributed by atoms with Crippen LogP contribution in [0.25, 0.3) is 0 Å². The maximum absolute atomic E-state index is 11.5. The summed E-state index contributed by atoms with van der Waals surface area (Å²) < 4.78 is 9.80. The molecule has 0 aromatic heterocycles. The number of methoxy groups -OCH3 is 1. The predicted octanol–water partition coefficient (Wildman–Crippen LogP) is 1.61. The van der Waals surface area contributed by atoms with Gasteiger partial charge in [0.15, 0.2) is 0 Å². The summed E-state index contributed by atoms with van der Waals surface area (Å²) in [5.74, 6) is 0.202. The van der Waals surface area contributed by atoms with E-state index in [1.807, 2.05) is 13.8 Å². The van der Waals surface area contributed by atoms with Crippen LogP contribution in [0.15, 0.2) is 12.1 Å². The number of aryl methyl sites for hydroxylation is 2. The van der Waals surface area contributed by atoms with Gasteiger partial charge in [0.25, 0.3) is 0 Å². The lowest BCUT2D eigenvalue weighted by Gasteiger charge is -2.13. The van der Waals surface area contributed by atoms with Crippen LogP contribution in [-0.4, -0.2) is 32.8 Å². The van der Waals surface area contributed by atoms with Crippen molar-refractivity contribution in [1.82, 2.24) is 5.32 Å². The number of carbonyl (C=O) groups excluding carboxylic acids is 2. The molecule has 0 saturated carbocycles. The second kappa shape index (κ2) is 6.75. The molecule has 0 saturated heterocycles. The van der Waals surface area contributed by atoms with E-state index < -0.39 is 6.09 Å². The van der Waals surface area contributed by atoms with Crippen molar-refractivity contribution in [2.24, 2.45) is 0 Å². The Labute approximate surface area is 112 Å². The molecule has 1 aromatic rings. The van der Waals surface area contributed by atoms with Crippen molar-refractivity contribution in [3.63, 3.8) is 0 Å². The Morgan fingerprint density at radius 3 is 2.26 bits per heavy atom. The zero-order valence-corrected chi connectivity index (χ0v) is 11.5. The second-order valence-electron chi connectivity index (χ2n) is 4.05. The number of nitrogens with one attached hydrogen (secondary N) is 2. The highest BCUT2D eigenvalue weighted by molar-refractivity contribution is 5.93. The van der Waals surface area contributed by atoms with Gasteiger partial charge in [0.2, 0.25) is 5.91 Å².